The van der Waals surface area contributed by atoms with E-state index in [9.17, 15) is 4.79 Å². The van der Waals surface area contributed by atoms with Crippen LogP contribution in [0.4, 0.5) is 0 Å². The summed E-state index contributed by atoms with van der Waals surface area (Å²) < 4.78 is 0.967. The predicted octanol–water partition coefficient (Wildman–Crippen LogP) is 2.62. The average Bonchev–Trinajstić information content (AvgIpc) is 2.18. The van der Waals surface area contributed by atoms with Crippen LogP contribution in [0.1, 0.15) is 30.0 Å². The van der Waals surface area contributed by atoms with Crippen LogP contribution in [0.3, 0.4) is 0 Å². The molecule has 0 bridgehead atoms. The van der Waals surface area contributed by atoms with Crippen LogP contribution in [0.15, 0.2) is 22.7 Å². The first-order chi connectivity index (χ1) is 7.00. The van der Waals surface area contributed by atoms with Gasteiger partial charge in [-0.15, -0.1) is 0 Å². The third-order valence-corrected chi connectivity index (χ3v) is 2.80. The molecule has 82 valence electrons. The lowest BCUT2D eigenvalue weighted by Gasteiger charge is -2.14. The van der Waals surface area contributed by atoms with Crippen LogP contribution in [0.25, 0.3) is 0 Å². The SMILES string of the molecule is Cc1ccc(Br)cc1C(N)CCC(=O)O. The normalized spacial score (nSPS) is 12.5. The summed E-state index contributed by atoms with van der Waals surface area (Å²) in [5, 5.41) is 8.57. The highest BCUT2D eigenvalue weighted by Gasteiger charge is 2.11. The van der Waals surface area contributed by atoms with Gasteiger partial charge in [0.25, 0.3) is 0 Å². The summed E-state index contributed by atoms with van der Waals surface area (Å²) in [5.41, 5.74) is 8.03. The quantitative estimate of drug-likeness (QED) is 0.885. The number of carbonyl (C=O) groups is 1. The molecule has 0 saturated heterocycles. The molecule has 0 aliphatic rings. The van der Waals surface area contributed by atoms with Gasteiger partial charge in [-0.05, 0) is 36.6 Å². The van der Waals surface area contributed by atoms with Crippen LogP contribution >= 0.6 is 15.9 Å². The first-order valence-electron chi connectivity index (χ1n) is 4.74. The van der Waals surface area contributed by atoms with Crippen LogP contribution in [-0.2, 0) is 4.79 Å². The molecule has 3 N–H and O–H groups in total. The highest BCUT2D eigenvalue weighted by Crippen LogP contribution is 2.23. The Kier molecular flexibility index (Phi) is 4.29. The fourth-order valence-corrected chi connectivity index (χ4v) is 1.82. The smallest absolute Gasteiger partial charge is 0.303 e. The highest BCUT2D eigenvalue weighted by molar-refractivity contribution is 9.10. The summed E-state index contributed by atoms with van der Waals surface area (Å²) in [4.78, 5) is 10.4. The summed E-state index contributed by atoms with van der Waals surface area (Å²) >= 11 is 3.37. The molecule has 0 heterocycles. The Morgan fingerprint density at radius 2 is 2.27 bits per heavy atom. The van der Waals surface area contributed by atoms with Gasteiger partial charge >= 0.3 is 5.97 Å². The minimum Gasteiger partial charge on any atom is -0.481 e. The fraction of sp³-hybridized carbons (Fsp3) is 0.364. The zero-order valence-electron chi connectivity index (χ0n) is 8.53. The third kappa shape index (κ3) is 3.64. The second kappa shape index (κ2) is 5.28. The lowest BCUT2D eigenvalue weighted by Crippen LogP contribution is -2.13. The number of rotatable bonds is 4. The molecule has 0 aliphatic heterocycles. The first-order valence-corrected chi connectivity index (χ1v) is 5.53. The second-order valence-electron chi connectivity index (χ2n) is 3.54. The number of halogens is 1. The Balaban J connectivity index is 2.76. The van der Waals surface area contributed by atoms with E-state index in [1.807, 2.05) is 25.1 Å². The van der Waals surface area contributed by atoms with Crippen molar-refractivity contribution in [3.05, 3.63) is 33.8 Å². The van der Waals surface area contributed by atoms with E-state index in [1.54, 1.807) is 0 Å². The van der Waals surface area contributed by atoms with E-state index in [4.69, 9.17) is 10.8 Å². The van der Waals surface area contributed by atoms with E-state index >= 15 is 0 Å². The molecule has 1 rings (SSSR count). The molecule has 0 saturated carbocycles. The van der Waals surface area contributed by atoms with Crippen molar-refractivity contribution in [1.29, 1.82) is 0 Å². The van der Waals surface area contributed by atoms with E-state index in [1.165, 1.54) is 0 Å². The van der Waals surface area contributed by atoms with Crippen molar-refractivity contribution in [2.45, 2.75) is 25.8 Å². The maximum Gasteiger partial charge on any atom is 0.303 e. The van der Waals surface area contributed by atoms with Crippen molar-refractivity contribution in [2.75, 3.05) is 0 Å². The van der Waals surface area contributed by atoms with Crippen molar-refractivity contribution in [2.24, 2.45) is 5.73 Å². The molecule has 4 heteroatoms. The number of hydrogen-bond donors (Lipinski definition) is 2. The molecule has 1 aromatic rings. The van der Waals surface area contributed by atoms with Crippen LogP contribution in [0.2, 0.25) is 0 Å². The van der Waals surface area contributed by atoms with Crippen molar-refractivity contribution < 1.29 is 9.90 Å². The number of nitrogens with two attached hydrogens (primary N) is 1. The Morgan fingerprint density at radius 1 is 1.60 bits per heavy atom. The molecule has 0 aromatic heterocycles. The Morgan fingerprint density at radius 3 is 2.87 bits per heavy atom. The maximum absolute atomic E-state index is 10.4. The van der Waals surface area contributed by atoms with Crippen LogP contribution in [0, 0.1) is 6.92 Å². The number of carboxylic acid groups (broad SMARTS) is 1. The van der Waals surface area contributed by atoms with Gasteiger partial charge in [-0.25, -0.2) is 0 Å². The zero-order valence-corrected chi connectivity index (χ0v) is 10.1. The minimum absolute atomic E-state index is 0.104. The largest absolute Gasteiger partial charge is 0.481 e. The number of aliphatic carboxylic acids is 1. The molecular formula is C11H14BrNO2. The predicted molar refractivity (Wildman–Crippen MR) is 62.7 cm³/mol. The van der Waals surface area contributed by atoms with Gasteiger partial charge in [0.1, 0.15) is 0 Å². The minimum atomic E-state index is -0.807. The molecule has 1 atom stereocenters. The van der Waals surface area contributed by atoms with Crippen molar-refractivity contribution in [1.82, 2.24) is 0 Å². The van der Waals surface area contributed by atoms with E-state index in [0.717, 1.165) is 15.6 Å². The number of aryl methyl sites for hydroxylation is 1. The summed E-state index contributed by atoms with van der Waals surface area (Å²) in [6.45, 7) is 1.97. The molecule has 1 aromatic carbocycles. The number of hydrogen-bond acceptors (Lipinski definition) is 2. The van der Waals surface area contributed by atoms with Crippen LogP contribution in [0.5, 0.6) is 0 Å². The van der Waals surface area contributed by atoms with E-state index in [-0.39, 0.29) is 12.5 Å². The molecule has 0 spiro atoms. The fourth-order valence-electron chi connectivity index (χ4n) is 1.45. The van der Waals surface area contributed by atoms with Gasteiger partial charge < -0.3 is 10.8 Å². The van der Waals surface area contributed by atoms with E-state index in [0.29, 0.717) is 6.42 Å². The average molecular weight is 272 g/mol. The molecule has 0 fully saturated rings. The van der Waals surface area contributed by atoms with Crippen molar-refractivity contribution in [3.63, 3.8) is 0 Å². The van der Waals surface area contributed by atoms with Gasteiger partial charge in [-0.2, -0.15) is 0 Å². The topological polar surface area (TPSA) is 63.3 Å². The van der Waals surface area contributed by atoms with Gasteiger partial charge in [0.2, 0.25) is 0 Å². The zero-order chi connectivity index (χ0) is 11.4. The van der Waals surface area contributed by atoms with Crippen molar-refractivity contribution in [3.8, 4) is 0 Å². The summed E-state index contributed by atoms with van der Waals surface area (Å²) in [6, 6.07) is 5.66. The Labute approximate surface area is 97.4 Å². The number of carboxylic acids is 1. The lowest BCUT2D eigenvalue weighted by molar-refractivity contribution is -0.137. The first kappa shape index (κ1) is 12.2. The standard InChI is InChI=1S/C11H14BrNO2/c1-7-2-3-8(12)6-9(7)10(13)4-5-11(14)15/h2-3,6,10H,4-5,13H2,1H3,(H,14,15). The Hall–Kier alpha value is -0.870. The molecule has 0 aliphatic carbocycles. The summed E-state index contributed by atoms with van der Waals surface area (Å²) in [7, 11) is 0. The lowest BCUT2D eigenvalue weighted by atomic mass is 9.98. The highest BCUT2D eigenvalue weighted by atomic mass is 79.9. The molecular weight excluding hydrogens is 258 g/mol. The van der Waals surface area contributed by atoms with E-state index < -0.39 is 5.97 Å². The van der Waals surface area contributed by atoms with E-state index in [2.05, 4.69) is 15.9 Å². The molecule has 0 amide bonds. The molecule has 3 nitrogen and oxygen atoms in total. The summed E-state index contributed by atoms with van der Waals surface area (Å²) in [5.74, 6) is -0.807. The maximum atomic E-state index is 10.4. The van der Waals surface area contributed by atoms with Crippen LogP contribution in [-0.4, -0.2) is 11.1 Å². The molecule has 1 unspecified atom stereocenters. The molecule has 0 radical (unpaired) electrons. The van der Waals surface area contributed by atoms with Gasteiger partial charge in [0.05, 0.1) is 0 Å². The van der Waals surface area contributed by atoms with Crippen LogP contribution < -0.4 is 5.73 Å². The molecule has 15 heavy (non-hydrogen) atoms. The van der Waals surface area contributed by atoms with Gasteiger partial charge in [0.15, 0.2) is 0 Å². The van der Waals surface area contributed by atoms with Gasteiger partial charge in [0, 0.05) is 16.9 Å². The number of benzene rings is 1. The second-order valence-corrected chi connectivity index (χ2v) is 4.46. The monoisotopic (exact) mass is 271 g/mol. The summed E-state index contributed by atoms with van der Waals surface area (Å²) in [6.07, 6.45) is 0.569. The Bertz CT molecular complexity index is 366. The van der Waals surface area contributed by atoms with Gasteiger partial charge in [-0.1, -0.05) is 22.0 Å². The third-order valence-electron chi connectivity index (χ3n) is 2.31. The van der Waals surface area contributed by atoms with Crippen molar-refractivity contribution >= 4 is 21.9 Å². The van der Waals surface area contributed by atoms with Gasteiger partial charge in [-0.3, -0.25) is 4.79 Å².